The maximum absolute atomic E-state index is 3.88. The first kappa shape index (κ1) is 10.0. The summed E-state index contributed by atoms with van der Waals surface area (Å²) in [7, 11) is 0. The van der Waals surface area contributed by atoms with Crippen molar-refractivity contribution in [3.05, 3.63) is 6.92 Å². The summed E-state index contributed by atoms with van der Waals surface area (Å²) >= 11 is 0. The van der Waals surface area contributed by atoms with Gasteiger partial charge in [0, 0.05) is 0 Å². The molecule has 0 heterocycles. The van der Waals surface area contributed by atoms with Gasteiger partial charge in [-0.1, -0.05) is 53.4 Å². The Morgan fingerprint density at radius 2 is 1.70 bits per heavy atom. The molecular formula is C10H21. The summed E-state index contributed by atoms with van der Waals surface area (Å²) < 4.78 is 0. The maximum Gasteiger partial charge on any atom is -0.0443 e. The Bertz CT molecular complexity index is 64.4. The van der Waals surface area contributed by atoms with Gasteiger partial charge >= 0.3 is 0 Å². The molecule has 0 saturated heterocycles. The molecule has 0 aromatic carbocycles. The lowest BCUT2D eigenvalue weighted by Crippen LogP contribution is -1.94. The van der Waals surface area contributed by atoms with Gasteiger partial charge in [0.05, 0.1) is 0 Å². The Morgan fingerprint density at radius 3 is 2.10 bits per heavy atom. The average Bonchev–Trinajstić information content (AvgIpc) is 1.87. The molecule has 10 heavy (non-hydrogen) atoms. The lowest BCUT2D eigenvalue weighted by atomic mass is 9.98. The highest BCUT2D eigenvalue weighted by Gasteiger charge is 1.99. The highest BCUT2D eigenvalue weighted by atomic mass is 14.0. The van der Waals surface area contributed by atoms with Crippen molar-refractivity contribution in [3.63, 3.8) is 0 Å². The second-order valence-corrected chi connectivity index (χ2v) is 3.72. The fourth-order valence-electron chi connectivity index (χ4n) is 1.02. The normalized spacial score (nSPS) is 14.1. The van der Waals surface area contributed by atoms with E-state index < -0.39 is 0 Å². The topological polar surface area (TPSA) is 0 Å². The molecule has 0 aromatic heterocycles. The third-order valence-corrected chi connectivity index (χ3v) is 1.97. The number of rotatable bonds is 5. The van der Waals surface area contributed by atoms with Crippen LogP contribution >= 0.6 is 0 Å². The molecule has 0 bridgehead atoms. The molecule has 0 nitrogen and oxygen atoms in total. The van der Waals surface area contributed by atoms with E-state index in [2.05, 4.69) is 27.7 Å². The first-order chi connectivity index (χ1) is 4.66. The summed E-state index contributed by atoms with van der Waals surface area (Å²) in [5.74, 6) is 1.70. The molecule has 0 aliphatic heterocycles. The van der Waals surface area contributed by atoms with Gasteiger partial charge in [0.25, 0.3) is 0 Å². The standard InChI is InChI=1S/C10H21/c1-5-10(4)8-6-7-9(2)3/h9-10H,1,5-8H2,2-4H3/t10-/m0/s1. The van der Waals surface area contributed by atoms with Gasteiger partial charge in [-0.25, -0.2) is 0 Å². The molecule has 0 amide bonds. The molecule has 0 N–H and O–H groups in total. The minimum absolute atomic E-state index is 0.832. The van der Waals surface area contributed by atoms with Crippen LogP contribution in [0, 0.1) is 18.8 Å². The fraction of sp³-hybridized carbons (Fsp3) is 0.900. The molecule has 0 saturated carbocycles. The Labute approximate surface area is 66.0 Å². The summed E-state index contributed by atoms with van der Waals surface area (Å²) in [4.78, 5) is 0. The zero-order valence-electron chi connectivity index (χ0n) is 7.69. The van der Waals surface area contributed by atoms with Crippen LogP contribution in [0.15, 0.2) is 0 Å². The van der Waals surface area contributed by atoms with Gasteiger partial charge in [-0.05, 0) is 11.8 Å². The van der Waals surface area contributed by atoms with Crippen molar-refractivity contribution in [1.29, 1.82) is 0 Å². The van der Waals surface area contributed by atoms with E-state index in [-0.39, 0.29) is 0 Å². The van der Waals surface area contributed by atoms with Crippen molar-refractivity contribution in [2.24, 2.45) is 11.8 Å². The highest BCUT2D eigenvalue weighted by molar-refractivity contribution is 4.55. The van der Waals surface area contributed by atoms with E-state index in [1.807, 2.05) is 0 Å². The van der Waals surface area contributed by atoms with Crippen LogP contribution in [0.25, 0.3) is 0 Å². The van der Waals surface area contributed by atoms with Crippen LogP contribution in [0.3, 0.4) is 0 Å². The van der Waals surface area contributed by atoms with Crippen molar-refractivity contribution < 1.29 is 0 Å². The maximum atomic E-state index is 3.88. The molecule has 1 radical (unpaired) electrons. The van der Waals surface area contributed by atoms with E-state index in [0.29, 0.717) is 0 Å². The monoisotopic (exact) mass is 141 g/mol. The summed E-state index contributed by atoms with van der Waals surface area (Å²) in [6, 6.07) is 0. The van der Waals surface area contributed by atoms with Gasteiger partial charge < -0.3 is 0 Å². The predicted molar refractivity (Wildman–Crippen MR) is 47.8 cm³/mol. The molecule has 61 valence electrons. The average molecular weight is 141 g/mol. The van der Waals surface area contributed by atoms with Gasteiger partial charge in [0.15, 0.2) is 0 Å². The Hall–Kier alpha value is 0. The first-order valence-electron chi connectivity index (χ1n) is 4.46. The number of hydrogen-bond acceptors (Lipinski definition) is 0. The summed E-state index contributed by atoms with van der Waals surface area (Å²) in [5, 5.41) is 0. The van der Waals surface area contributed by atoms with Crippen molar-refractivity contribution in [1.82, 2.24) is 0 Å². The minimum Gasteiger partial charge on any atom is -0.0628 e. The molecule has 0 aromatic rings. The van der Waals surface area contributed by atoms with E-state index in [0.717, 1.165) is 18.3 Å². The molecule has 0 heteroatoms. The quantitative estimate of drug-likeness (QED) is 0.548. The molecule has 0 fully saturated rings. The second-order valence-electron chi connectivity index (χ2n) is 3.72. The van der Waals surface area contributed by atoms with Crippen LogP contribution in [-0.4, -0.2) is 0 Å². The van der Waals surface area contributed by atoms with Crippen LogP contribution in [0.2, 0.25) is 0 Å². The fourth-order valence-corrected chi connectivity index (χ4v) is 1.02. The lowest BCUT2D eigenvalue weighted by molar-refractivity contribution is 0.460. The van der Waals surface area contributed by atoms with Gasteiger partial charge in [0.1, 0.15) is 0 Å². The van der Waals surface area contributed by atoms with Crippen molar-refractivity contribution >= 4 is 0 Å². The van der Waals surface area contributed by atoms with Gasteiger partial charge in [-0.2, -0.15) is 0 Å². The van der Waals surface area contributed by atoms with Crippen molar-refractivity contribution in [2.75, 3.05) is 0 Å². The van der Waals surface area contributed by atoms with Crippen LogP contribution in [0.5, 0.6) is 0 Å². The van der Waals surface area contributed by atoms with Crippen LogP contribution in [-0.2, 0) is 0 Å². The molecule has 0 unspecified atom stereocenters. The Balaban J connectivity index is 3.03. The van der Waals surface area contributed by atoms with E-state index in [4.69, 9.17) is 0 Å². The third-order valence-electron chi connectivity index (χ3n) is 1.97. The van der Waals surface area contributed by atoms with Crippen LogP contribution in [0.1, 0.15) is 46.5 Å². The zero-order valence-corrected chi connectivity index (χ0v) is 7.69. The molecule has 0 aliphatic carbocycles. The zero-order chi connectivity index (χ0) is 7.98. The summed E-state index contributed by atoms with van der Waals surface area (Å²) in [6.07, 6.45) is 5.22. The number of hydrogen-bond donors (Lipinski definition) is 0. The van der Waals surface area contributed by atoms with Gasteiger partial charge in [0.2, 0.25) is 0 Å². The third kappa shape index (κ3) is 6.12. The second kappa shape index (κ2) is 5.76. The van der Waals surface area contributed by atoms with E-state index in [1.54, 1.807) is 0 Å². The minimum atomic E-state index is 0.832. The van der Waals surface area contributed by atoms with E-state index in [1.165, 1.54) is 19.3 Å². The SMILES string of the molecule is [CH2]C[C@H](C)CCCC(C)C. The highest BCUT2D eigenvalue weighted by Crippen LogP contribution is 2.13. The molecule has 0 rings (SSSR count). The van der Waals surface area contributed by atoms with E-state index >= 15 is 0 Å². The first-order valence-corrected chi connectivity index (χ1v) is 4.46. The smallest absolute Gasteiger partial charge is 0.0443 e. The molecule has 0 spiro atoms. The summed E-state index contributed by atoms with van der Waals surface area (Å²) in [5.41, 5.74) is 0. The van der Waals surface area contributed by atoms with Crippen LogP contribution < -0.4 is 0 Å². The lowest BCUT2D eigenvalue weighted by Gasteiger charge is -2.08. The predicted octanol–water partition coefficient (Wildman–Crippen LogP) is 3.67. The Kier molecular flexibility index (Phi) is 5.76. The van der Waals surface area contributed by atoms with Gasteiger partial charge in [-0.3, -0.25) is 0 Å². The van der Waals surface area contributed by atoms with Crippen molar-refractivity contribution in [2.45, 2.75) is 46.5 Å². The van der Waals surface area contributed by atoms with Gasteiger partial charge in [-0.15, -0.1) is 0 Å². The summed E-state index contributed by atoms with van der Waals surface area (Å²) in [6.45, 7) is 10.7. The molecule has 1 atom stereocenters. The Morgan fingerprint density at radius 1 is 1.10 bits per heavy atom. The molecule has 0 aliphatic rings. The van der Waals surface area contributed by atoms with E-state index in [9.17, 15) is 0 Å². The molecular weight excluding hydrogens is 120 g/mol. The van der Waals surface area contributed by atoms with Crippen molar-refractivity contribution in [3.8, 4) is 0 Å². The largest absolute Gasteiger partial charge is 0.0628 e. The van der Waals surface area contributed by atoms with Crippen LogP contribution in [0.4, 0.5) is 0 Å².